The van der Waals surface area contributed by atoms with Gasteiger partial charge in [-0.25, -0.2) is 8.78 Å². The summed E-state index contributed by atoms with van der Waals surface area (Å²) in [4.78, 5) is 15.2. The van der Waals surface area contributed by atoms with Crippen molar-refractivity contribution in [2.45, 2.75) is 25.1 Å². The lowest BCUT2D eigenvalue weighted by atomic mass is 10.1. The fourth-order valence-electron chi connectivity index (χ4n) is 1.39. The van der Waals surface area contributed by atoms with Crippen molar-refractivity contribution in [1.29, 1.82) is 0 Å². The molecule has 0 aromatic carbocycles. The minimum atomic E-state index is -2.70. The third kappa shape index (κ3) is 3.84. The summed E-state index contributed by atoms with van der Waals surface area (Å²) in [7, 11) is 0. The van der Waals surface area contributed by atoms with Gasteiger partial charge < -0.3 is 4.74 Å². The first kappa shape index (κ1) is 15.7. The van der Waals surface area contributed by atoms with Gasteiger partial charge in [0.25, 0.3) is 6.43 Å². The molecule has 1 aromatic heterocycles. The number of aromatic nitrogens is 1. The molecule has 0 saturated heterocycles. The molecule has 0 bridgehead atoms. The SMILES string of the molecule is CCOC(=O)Cc1c(C(F)F)ncc(CBr)c1I. The van der Waals surface area contributed by atoms with Crippen LogP contribution in [0.15, 0.2) is 6.20 Å². The zero-order chi connectivity index (χ0) is 13.7. The Morgan fingerprint density at radius 3 is 2.78 bits per heavy atom. The van der Waals surface area contributed by atoms with Crippen LogP contribution in [-0.4, -0.2) is 17.6 Å². The van der Waals surface area contributed by atoms with Crippen LogP contribution in [-0.2, 0) is 21.3 Å². The zero-order valence-corrected chi connectivity index (χ0v) is 13.3. The van der Waals surface area contributed by atoms with E-state index in [9.17, 15) is 13.6 Å². The molecule has 18 heavy (non-hydrogen) atoms. The average molecular weight is 434 g/mol. The van der Waals surface area contributed by atoms with Gasteiger partial charge in [0.2, 0.25) is 0 Å². The van der Waals surface area contributed by atoms with E-state index >= 15 is 0 Å². The van der Waals surface area contributed by atoms with Crippen LogP contribution in [0.3, 0.4) is 0 Å². The quantitative estimate of drug-likeness (QED) is 0.404. The first-order valence-electron chi connectivity index (χ1n) is 5.17. The van der Waals surface area contributed by atoms with Crippen molar-refractivity contribution < 1.29 is 18.3 Å². The third-order valence-corrected chi connectivity index (χ3v) is 4.14. The highest BCUT2D eigenvalue weighted by Crippen LogP contribution is 2.28. The van der Waals surface area contributed by atoms with Crippen LogP contribution in [0.1, 0.15) is 30.2 Å². The summed E-state index contributed by atoms with van der Waals surface area (Å²) < 4.78 is 31.1. The van der Waals surface area contributed by atoms with Crippen LogP contribution in [0.25, 0.3) is 0 Å². The van der Waals surface area contributed by atoms with Crippen molar-refractivity contribution in [3.8, 4) is 0 Å². The van der Waals surface area contributed by atoms with Crippen LogP contribution in [0, 0.1) is 3.57 Å². The highest BCUT2D eigenvalue weighted by atomic mass is 127. The number of esters is 1. The van der Waals surface area contributed by atoms with Crippen LogP contribution in [0.5, 0.6) is 0 Å². The maximum Gasteiger partial charge on any atom is 0.310 e. The second kappa shape index (κ2) is 7.32. The van der Waals surface area contributed by atoms with Gasteiger partial charge in [-0.2, -0.15) is 0 Å². The van der Waals surface area contributed by atoms with E-state index in [1.54, 1.807) is 6.92 Å². The van der Waals surface area contributed by atoms with Gasteiger partial charge in [-0.1, -0.05) is 15.9 Å². The molecular formula is C11H11BrF2INO2. The zero-order valence-electron chi connectivity index (χ0n) is 9.55. The van der Waals surface area contributed by atoms with Gasteiger partial charge in [0.05, 0.1) is 13.0 Å². The Morgan fingerprint density at radius 2 is 2.28 bits per heavy atom. The number of hydrogen-bond donors (Lipinski definition) is 0. The molecule has 1 heterocycles. The predicted octanol–water partition coefficient (Wildman–Crippen LogP) is 3.62. The van der Waals surface area contributed by atoms with Gasteiger partial charge >= 0.3 is 5.97 Å². The Bertz CT molecular complexity index is 443. The maximum atomic E-state index is 12.8. The van der Waals surface area contributed by atoms with E-state index in [0.717, 1.165) is 5.56 Å². The molecule has 0 aliphatic heterocycles. The molecule has 3 nitrogen and oxygen atoms in total. The Balaban J connectivity index is 3.15. The lowest BCUT2D eigenvalue weighted by Crippen LogP contribution is -2.13. The summed E-state index contributed by atoms with van der Waals surface area (Å²) in [5.41, 5.74) is 0.678. The lowest BCUT2D eigenvalue weighted by Gasteiger charge is -2.12. The smallest absolute Gasteiger partial charge is 0.310 e. The van der Waals surface area contributed by atoms with Crippen molar-refractivity contribution in [3.05, 3.63) is 26.6 Å². The molecule has 0 fully saturated rings. The first-order chi connectivity index (χ1) is 8.51. The molecule has 7 heteroatoms. The standard InChI is InChI=1S/C11H11BrF2INO2/c1-2-18-8(17)3-7-9(15)6(4-12)5-16-10(7)11(13)14/h5,11H,2-4H2,1H3. The summed E-state index contributed by atoms with van der Waals surface area (Å²) in [5.74, 6) is -0.522. The molecule has 0 aliphatic rings. The lowest BCUT2D eigenvalue weighted by molar-refractivity contribution is -0.142. The number of carbonyl (C=O) groups excluding carboxylic acids is 1. The average Bonchev–Trinajstić information content (AvgIpc) is 2.31. The van der Waals surface area contributed by atoms with E-state index in [0.29, 0.717) is 8.90 Å². The Morgan fingerprint density at radius 1 is 1.61 bits per heavy atom. The second-order valence-electron chi connectivity index (χ2n) is 3.38. The molecule has 100 valence electrons. The van der Waals surface area contributed by atoms with Crippen molar-refractivity contribution >= 4 is 44.5 Å². The monoisotopic (exact) mass is 433 g/mol. The Hall–Kier alpha value is -0.310. The summed E-state index contributed by atoms with van der Waals surface area (Å²) in [6.07, 6.45) is -1.49. The number of ether oxygens (including phenoxy) is 1. The predicted molar refractivity (Wildman–Crippen MR) is 74.9 cm³/mol. The highest BCUT2D eigenvalue weighted by Gasteiger charge is 2.21. The van der Waals surface area contributed by atoms with Gasteiger partial charge in [0.15, 0.2) is 0 Å². The molecule has 0 amide bonds. The van der Waals surface area contributed by atoms with Crippen LogP contribution in [0.4, 0.5) is 8.78 Å². The van der Waals surface area contributed by atoms with E-state index in [2.05, 4.69) is 20.9 Å². The Labute approximate surface area is 126 Å². The van der Waals surface area contributed by atoms with Gasteiger partial charge in [-0.3, -0.25) is 9.78 Å². The summed E-state index contributed by atoms with van der Waals surface area (Å²) in [6.45, 7) is 1.90. The fraction of sp³-hybridized carbons (Fsp3) is 0.455. The molecule has 0 atom stereocenters. The van der Waals surface area contributed by atoms with Crippen molar-refractivity contribution in [1.82, 2.24) is 4.98 Å². The maximum absolute atomic E-state index is 12.8. The summed E-state index contributed by atoms with van der Waals surface area (Å²) in [5, 5.41) is 0.498. The largest absolute Gasteiger partial charge is 0.466 e. The minimum absolute atomic E-state index is 0.181. The van der Waals surface area contributed by atoms with E-state index in [1.807, 2.05) is 22.6 Å². The normalized spacial score (nSPS) is 10.8. The van der Waals surface area contributed by atoms with Crippen molar-refractivity contribution in [3.63, 3.8) is 0 Å². The van der Waals surface area contributed by atoms with E-state index in [-0.39, 0.29) is 24.3 Å². The Kier molecular flexibility index (Phi) is 6.40. The molecule has 0 saturated carbocycles. The third-order valence-electron chi connectivity index (χ3n) is 2.19. The van der Waals surface area contributed by atoms with E-state index < -0.39 is 12.4 Å². The molecule has 0 aliphatic carbocycles. The van der Waals surface area contributed by atoms with Crippen LogP contribution >= 0.6 is 38.5 Å². The number of nitrogens with zero attached hydrogens (tertiary/aromatic N) is 1. The van der Waals surface area contributed by atoms with E-state index in [4.69, 9.17) is 4.74 Å². The fourth-order valence-corrected chi connectivity index (χ4v) is 3.14. The summed E-state index contributed by atoms with van der Waals surface area (Å²) >= 11 is 5.20. The molecule has 0 unspecified atom stereocenters. The minimum Gasteiger partial charge on any atom is -0.466 e. The van der Waals surface area contributed by atoms with Crippen LogP contribution in [0.2, 0.25) is 0 Å². The molecule has 0 spiro atoms. The highest BCUT2D eigenvalue weighted by molar-refractivity contribution is 14.1. The number of halogens is 4. The number of hydrogen-bond acceptors (Lipinski definition) is 3. The molecular weight excluding hydrogens is 423 g/mol. The topological polar surface area (TPSA) is 39.2 Å². The van der Waals surface area contributed by atoms with Gasteiger partial charge in [-0.05, 0) is 35.1 Å². The van der Waals surface area contributed by atoms with E-state index in [1.165, 1.54) is 6.20 Å². The summed E-state index contributed by atoms with van der Waals surface area (Å²) in [6, 6.07) is 0. The number of rotatable bonds is 5. The second-order valence-corrected chi connectivity index (χ2v) is 5.02. The van der Waals surface area contributed by atoms with Gasteiger partial charge in [-0.15, -0.1) is 0 Å². The number of alkyl halides is 3. The van der Waals surface area contributed by atoms with Crippen molar-refractivity contribution in [2.75, 3.05) is 6.61 Å². The molecule has 1 rings (SSSR count). The number of carbonyl (C=O) groups is 1. The molecule has 1 aromatic rings. The molecule has 0 N–H and O–H groups in total. The number of pyridine rings is 1. The van der Waals surface area contributed by atoms with Gasteiger partial charge in [0.1, 0.15) is 5.69 Å². The van der Waals surface area contributed by atoms with Crippen LogP contribution < -0.4 is 0 Å². The van der Waals surface area contributed by atoms with Gasteiger partial charge in [0, 0.05) is 20.7 Å². The molecule has 0 radical (unpaired) electrons. The van der Waals surface area contributed by atoms with Crippen molar-refractivity contribution in [2.24, 2.45) is 0 Å². The first-order valence-corrected chi connectivity index (χ1v) is 7.37.